The molecule has 0 saturated carbocycles. The molecule has 124 valence electrons. The Morgan fingerprint density at radius 3 is 2.67 bits per heavy atom. The SMILES string of the molecule is CC(C)C(=O)Nc1nc(NCc2ccccc2)c2[nH]c(Br)nc2n1. The van der Waals surface area contributed by atoms with Crippen molar-refractivity contribution in [2.24, 2.45) is 5.92 Å². The molecule has 0 aliphatic carbocycles. The minimum atomic E-state index is -0.157. The molecule has 2 aromatic heterocycles. The van der Waals surface area contributed by atoms with Crippen LogP contribution < -0.4 is 10.6 Å². The minimum absolute atomic E-state index is 0.141. The Labute approximate surface area is 147 Å². The number of amides is 1. The Morgan fingerprint density at radius 2 is 1.96 bits per heavy atom. The van der Waals surface area contributed by atoms with E-state index < -0.39 is 0 Å². The molecule has 2 heterocycles. The summed E-state index contributed by atoms with van der Waals surface area (Å²) in [6.45, 7) is 4.22. The fraction of sp³-hybridized carbons (Fsp3) is 0.250. The molecule has 0 spiro atoms. The first-order chi connectivity index (χ1) is 11.5. The van der Waals surface area contributed by atoms with Crippen LogP contribution in [-0.4, -0.2) is 25.8 Å². The Balaban J connectivity index is 1.90. The summed E-state index contributed by atoms with van der Waals surface area (Å²) in [6.07, 6.45) is 0. The number of H-pyrrole nitrogens is 1. The lowest BCUT2D eigenvalue weighted by Crippen LogP contribution is -2.20. The summed E-state index contributed by atoms with van der Waals surface area (Å²) < 4.78 is 0.557. The van der Waals surface area contributed by atoms with Gasteiger partial charge in [-0.3, -0.25) is 10.1 Å². The highest BCUT2D eigenvalue weighted by atomic mass is 79.9. The first-order valence-electron chi connectivity index (χ1n) is 7.55. The van der Waals surface area contributed by atoms with Crippen molar-refractivity contribution in [3.8, 4) is 0 Å². The molecule has 0 bridgehead atoms. The van der Waals surface area contributed by atoms with Crippen molar-refractivity contribution in [2.45, 2.75) is 20.4 Å². The maximum atomic E-state index is 11.9. The molecule has 3 N–H and O–H groups in total. The predicted octanol–water partition coefficient (Wildman–Crippen LogP) is 3.32. The van der Waals surface area contributed by atoms with Crippen LogP contribution in [0.2, 0.25) is 0 Å². The largest absolute Gasteiger partial charge is 0.364 e. The first-order valence-corrected chi connectivity index (χ1v) is 8.34. The lowest BCUT2D eigenvalue weighted by molar-refractivity contribution is -0.118. The first kappa shape index (κ1) is 16.4. The number of nitrogens with zero attached hydrogens (tertiary/aromatic N) is 3. The van der Waals surface area contributed by atoms with Gasteiger partial charge in [0.25, 0.3) is 0 Å². The van der Waals surface area contributed by atoms with E-state index in [0.717, 1.165) is 5.56 Å². The van der Waals surface area contributed by atoms with E-state index >= 15 is 0 Å². The third-order valence-electron chi connectivity index (χ3n) is 3.38. The van der Waals surface area contributed by atoms with Crippen molar-refractivity contribution in [1.29, 1.82) is 0 Å². The average Bonchev–Trinajstić information content (AvgIpc) is 2.93. The minimum Gasteiger partial charge on any atom is -0.364 e. The quantitative estimate of drug-likeness (QED) is 0.582. The highest BCUT2D eigenvalue weighted by Gasteiger charge is 2.15. The standard InChI is InChI=1S/C16H17BrN6O/c1-9(2)14(24)23-16-21-12(11-13(22-16)20-15(17)19-11)18-8-10-6-4-3-5-7-10/h3-7,9H,8H2,1-2H3,(H3,18,19,20,21,22,23,24). The summed E-state index contributed by atoms with van der Waals surface area (Å²) in [6, 6.07) is 9.98. The van der Waals surface area contributed by atoms with E-state index in [1.807, 2.05) is 44.2 Å². The number of carbonyl (C=O) groups excluding carboxylic acids is 1. The second kappa shape index (κ2) is 6.96. The Bertz CT molecular complexity index is 862. The second-order valence-electron chi connectivity index (χ2n) is 5.61. The molecule has 0 aliphatic heterocycles. The fourth-order valence-electron chi connectivity index (χ4n) is 2.09. The van der Waals surface area contributed by atoms with Gasteiger partial charge in [-0.25, -0.2) is 4.98 Å². The number of hydrogen-bond donors (Lipinski definition) is 3. The summed E-state index contributed by atoms with van der Waals surface area (Å²) in [4.78, 5) is 27.9. The number of anilines is 2. The molecule has 0 radical (unpaired) electrons. The van der Waals surface area contributed by atoms with Crippen LogP contribution in [0.5, 0.6) is 0 Å². The van der Waals surface area contributed by atoms with Gasteiger partial charge in [0.1, 0.15) is 5.52 Å². The highest BCUT2D eigenvalue weighted by Crippen LogP contribution is 2.22. The van der Waals surface area contributed by atoms with Gasteiger partial charge in [-0.15, -0.1) is 0 Å². The number of halogens is 1. The molecule has 7 nitrogen and oxygen atoms in total. The van der Waals surface area contributed by atoms with Gasteiger partial charge in [0.2, 0.25) is 11.9 Å². The molecule has 3 rings (SSSR count). The van der Waals surface area contributed by atoms with Crippen LogP contribution in [0, 0.1) is 5.92 Å². The molecular formula is C16H17BrN6O. The van der Waals surface area contributed by atoms with E-state index in [2.05, 4.69) is 46.5 Å². The predicted molar refractivity (Wildman–Crippen MR) is 96.6 cm³/mol. The summed E-state index contributed by atoms with van der Waals surface area (Å²) in [5.41, 5.74) is 2.28. The summed E-state index contributed by atoms with van der Waals surface area (Å²) in [5, 5.41) is 5.98. The lowest BCUT2D eigenvalue weighted by Gasteiger charge is -2.10. The van der Waals surface area contributed by atoms with Crippen LogP contribution in [0.25, 0.3) is 11.2 Å². The van der Waals surface area contributed by atoms with Crippen LogP contribution in [0.4, 0.5) is 11.8 Å². The molecule has 1 amide bonds. The van der Waals surface area contributed by atoms with E-state index in [9.17, 15) is 4.79 Å². The van der Waals surface area contributed by atoms with E-state index in [1.54, 1.807) is 0 Å². The van der Waals surface area contributed by atoms with E-state index in [1.165, 1.54) is 0 Å². The number of aromatic amines is 1. The molecule has 0 aliphatic rings. The third kappa shape index (κ3) is 3.70. The van der Waals surface area contributed by atoms with Gasteiger partial charge in [-0.2, -0.15) is 9.97 Å². The Morgan fingerprint density at radius 1 is 1.21 bits per heavy atom. The number of hydrogen-bond acceptors (Lipinski definition) is 5. The number of carbonyl (C=O) groups is 1. The van der Waals surface area contributed by atoms with Crippen molar-refractivity contribution in [2.75, 3.05) is 10.6 Å². The maximum Gasteiger partial charge on any atom is 0.233 e. The summed E-state index contributed by atoms with van der Waals surface area (Å²) in [7, 11) is 0. The normalized spacial score (nSPS) is 11.0. The van der Waals surface area contributed by atoms with Crippen LogP contribution in [0.1, 0.15) is 19.4 Å². The van der Waals surface area contributed by atoms with E-state index in [4.69, 9.17) is 0 Å². The van der Waals surface area contributed by atoms with Gasteiger partial charge in [0.05, 0.1) is 0 Å². The molecule has 1 aromatic carbocycles. The maximum absolute atomic E-state index is 11.9. The number of benzene rings is 1. The van der Waals surface area contributed by atoms with Gasteiger partial charge in [0, 0.05) is 12.5 Å². The monoisotopic (exact) mass is 388 g/mol. The van der Waals surface area contributed by atoms with E-state index in [-0.39, 0.29) is 17.8 Å². The zero-order valence-electron chi connectivity index (χ0n) is 13.3. The van der Waals surface area contributed by atoms with Crippen LogP contribution in [0.15, 0.2) is 35.1 Å². The van der Waals surface area contributed by atoms with Crippen molar-refractivity contribution < 1.29 is 4.79 Å². The molecule has 3 aromatic rings. The van der Waals surface area contributed by atoms with Crippen molar-refractivity contribution in [1.82, 2.24) is 19.9 Å². The van der Waals surface area contributed by atoms with Gasteiger partial charge in [-0.1, -0.05) is 44.2 Å². The summed E-state index contributed by atoms with van der Waals surface area (Å²) in [5.74, 6) is 0.519. The number of nitrogens with one attached hydrogen (secondary N) is 3. The molecule has 0 saturated heterocycles. The second-order valence-corrected chi connectivity index (χ2v) is 6.36. The highest BCUT2D eigenvalue weighted by molar-refractivity contribution is 9.10. The molecule has 0 unspecified atom stereocenters. The molecule has 0 atom stereocenters. The van der Waals surface area contributed by atoms with Gasteiger partial charge in [0.15, 0.2) is 16.2 Å². The van der Waals surface area contributed by atoms with Gasteiger partial charge < -0.3 is 10.3 Å². The average molecular weight is 389 g/mol. The van der Waals surface area contributed by atoms with Crippen LogP contribution in [0.3, 0.4) is 0 Å². The Kier molecular flexibility index (Phi) is 4.75. The zero-order chi connectivity index (χ0) is 17.1. The van der Waals surface area contributed by atoms with Gasteiger partial charge in [-0.05, 0) is 21.5 Å². The van der Waals surface area contributed by atoms with Crippen molar-refractivity contribution >= 4 is 44.8 Å². The molecule has 8 heteroatoms. The fourth-order valence-corrected chi connectivity index (χ4v) is 2.46. The Hall–Kier alpha value is -2.48. The van der Waals surface area contributed by atoms with Gasteiger partial charge >= 0.3 is 0 Å². The van der Waals surface area contributed by atoms with Crippen molar-refractivity contribution in [3.05, 3.63) is 40.6 Å². The van der Waals surface area contributed by atoms with Crippen LogP contribution >= 0.6 is 15.9 Å². The smallest absolute Gasteiger partial charge is 0.233 e. The molecular weight excluding hydrogens is 372 g/mol. The van der Waals surface area contributed by atoms with E-state index in [0.29, 0.717) is 28.3 Å². The molecule has 24 heavy (non-hydrogen) atoms. The molecule has 0 fully saturated rings. The third-order valence-corrected chi connectivity index (χ3v) is 3.76. The number of imidazole rings is 1. The number of fused-ring (bicyclic) bond motifs is 1. The number of aromatic nitrogens is 4. The zero-order valence-corrected chi connectivity index (χ0v) is 14.9. The summed E-state index contributed by atoms with van der Waals surface area (Å²) >= 11 is 3.30. The van der Waals surface area contributed by atoms with Crippen molar-refractivity contribution in [3.63, 3.8) is 0 Å². The topological polar surface area (TPSA) is 95.6 Å². The van der Waals surface area contributed by atoms with Crippen LogP contribution in [-0.2, 0) is 11.3 Å². The lowest BCUT2D eigenvalue weighted by atomic mass is 10.2. The number of rotatable bonds is 5.